The second-order valence-corrected chi connectivity index (χ2v) is 3.65. The van der Waals surface area contributed by atoms with E-state index in [1.165, 1.54) is 0 Å². The number of halogens is 3. The Balaban J connectivity index is 2.89. The van der Waals surface area contributed by atoms with Gasteiger partial charge in [0, 0.05) is 0 Å². The van der Waals surface area contributed by atoms with Gasteiger partial charge in [-0.25, -0.2) is 4.79 Å². The van der Waals surface area contributed by atoms with Gasteiger partial charge < -0.3 is 19.9 Å². The number of aromatic carboxylic acids is 1. The number of ether oxygens (including phenoxy) is 1. The molecule has 19 heavy (non-hydrogen) atoms. The average molecular weight is 278 g/mol. The number of hydrogen-bond donors (Lipinski definition) is 3. The van der Waals surface area contributed by atoms with Gasteiger partial charge in [0.1, 0.15) is 11.3 Å². The minimum Gasteiger partial charge on any atom is -0.492 e. The highest BCUT2D eigenvalue weighted by Gasteiger charge is 2.27. The van der Waals surface area contributed by atoms with E-state index in [9.17, 15) is 18.0 Å². The third-order valence-electron chi connectivity index (χ3n) is 2.18. The second-order valence-electron chi connectivity index (χ2n) is 3.65. The fraction of sp³-hybridized carbons (Fsp3) is 0.300. The standard InChI is InChI=1S/C10H10BF3O5/c12-10(13,14)3-4-19-8-5-6(11(17)18)1-2-7(8)9(15)16/h1-2,5,17-18H,3-4H2,(H,15,16). The van der Waals surface area contributed by atoms with Gasteiger partial charge >= 0.3 is 19.3 Å². The monoisotopic (exact) mass is 278 g/mol. The third kappa shape index (κ3) is 4.80. The largest absolute Gasteiger partial charge is 0.492 e. The summed E-state index contributed by atoms with van der Waals surface area (Å²) < 4.78 is 40.6. The molecule has 0 heterocycles. The zero-order chi connectivity index (χ0) is 14.6. The Kier molecular flexibility index (Phi) is 4.79. The molecule has 1 aromatic carbocycles. The van der Waals surface area contributed by atoms with Crippen LogP contribution in [0.25, 0.3) is 0 Å². The van der Waals surface area contributed by atoms with Gasteiger partial charge in [-0.3, -0.25) is 0 Å². The van der Waals surface area contributed by atoms with Crippen LogP contribution in [-0.2, 0) is 0 Å². The first-order valence-corrected chi connectivity index (χ1v) is 5.13. The lowest BCUT2D eigenvalue weighted by molar-refractivity contribution is -0.139. The highest BCUT2D eigenvalue weighted by atomic mass is 19.4. The fourth-order valence-electron chi connectivity index (χ4n) is 1.27. The number of benzene rings is 1. The SMILES string of the molecule is O=C(O)c1ccc(B(O)O)cc1OCCC(F)(F)F. The maximum atomic E-state index is 11.9. The Bertz CT molecular complexity index is 461. The van der Waals surface area contributed by atoms with Gasteiger partial charge in [-0.2, -0.15) is 13.2 Å². The predicted octanol–water partition coefficient (Wildman–Crippen LogP) is 0.396. The van der Waals surface area contributed by atoms with Crippen LogP contribution in [0.15, 0.2) is 18.2 Å². The van der Waals surface area contributed by atoms with Crippen molar-refractivity contribution in [3.05, 3.63) is 23.8 Å². The van der Waals surface area contributed by atoms with Crippen molar-refractivity contribution in [2.45, 2.75) is 12.6 Å². The highest BCUT2D eigenvalue weighted by molar-refractivity contribution is 6.58. The first kappa shape index (κ1) is 15.3. The van der Waals surface area contributed by atoms with Crippen LogP contribution in [0.4, 0.5) is 13.2 Å². The molecule has 0 unspecified atom stereocenters. The van der Waals surface area contributed by atoms with E-state index in [-0.39, 0.29) is 16.8 Å². The third-order valence-corrected chi connectivity index (χ3v) is 2.18. The number of hydrogen-bond acceptors (Lipinski definition) is 4. The summed E-state index contributed by atoms with van der Waals surface area (Å²) in [4.78, 5) is 10.8. The van der Waals surface area contributed by atoms with Crippen LogP contribution in [-0.4, -0.2) is 41.0 Å². The van der Waals surface area contributed by atoms with Crippen LogP contribution in [0.1, 0.15) is 16.8 Å². The Hall–Kier alpha value is -1.74. The fourth-order valence-corrected chi connectivity index (χ4v) is 1.27. The van der Waals surface area contributed by atoms with Crippen molar-refractivity contribution in [2.75, 3.05) is 6.61 Å². The van der Waals surface area contributed by atoms with Crippen LogP contribution < -0.4 is 10.2 Å². The molecule has 1 rings (SSSR count). The second kappa shape index (κ2) is 5.94. The van der Waals surface area contributed by atoms with Gasteiger partial charge in [0.15, 0.2) is 0 Å². The molecule has 0 aliphatic rings. The lowest BCUT2D eigenvalue weighted by Crippen LogP contribution is -2.30. The number of rotatable bonds is 5. The first-order chi connectivity index (χ1) is 8.70. The summed E-state index contributed by atoms with van der Waals surface area (Å²) in [5.74, 6) is -1.73. The van der Waals surface area contributed by atoms with Crippen LogP contribution in [0.2, 0.25) is 0 Å². The molecule has 0 saturated carbocycles. The van der Waals surface area contributed by atoms with Gasteiger partial charge in [0.05, 0.1) is 13.0 Å². The molecule has 0 aromatic heterocycles. The molecule has 9 heteroatoms. The number of carboxylic acids is 1. The van der Waals surface area contributed by atoms with Gasteiger partial charge in [0.25, 0.3) is 0 Å². The van der Waals surface area contributed by atoms with Gasteiger partial charge in [-0.1, -0.05) is 6.07 Å². The van der Waals surface area contributed by atoms with E-state index in [1.54, 1.807) is 0 Å². The predicted molar refractivity (Wildman–Crippen MR) is 59.4 cm³/mol. The zero-order valence-electron chi connectivity index (χ0n) is 9.52. The van der Waals surface area contributed by atoms with Crippen molar-refractivity contribution in [2.24, 2.45) is 0 Å². The van der Waals surface area contributed by atoms with Crippen LogP contribution in [0.3, 0.4) is 0 Å². The molecule has 0 radical (unpaired) electrons. The maximum absolute atomic E-state index is 11.9. The molecular formula is C10H10BF3O5. The van der Waals surface area contributed by atoms with Crippen molar-refractivity contribution in [1.29, 1.82) is 0 Å². The minimum absolute atomic E-state index is 0.0768. The van der Waals surface area contributed by atoms with E-state index >= 15 is 0 Å². The molecule has 0 fully saturated rings. The van der Waals surface area contributed by atoms with Crippen molar-refractivity contribution in [3.63, 3.8) is 0 Å². The van der Waals surface area contributed by atoms with Crippen molar-refractivity contribution in [1.82, 2.24) is 0 Å². The van der Waals surface area contributed by atoms with Crippen molar-refractivity contribution < 1.29 is 37.9 Å². The molecule has 0 amide bonds. The molecule has 0 aliphatic carbocycles. The van der Waals surface area contributed by atoms with Crippen LogP contribution >= 0.6 is 0 Å². The van der Waals surface area contributed by atoms with E-state index in [0.29, 0.717) is 0 Å². The van der Waals surface area contributed by atoms with E-state index in [1.807, 2.05) is 0 Å². The number of carbonyl (C=O) groups is 1. The van der Waals surface area contributed by atoms with Crippen molar-refractivity contribution in [3.8, 4) is 5.75 Å². The summed E-state index contributed by atoms with van der Waals surface area (Å²) in [6.45, 7) is -0.755. The summed E-state index contributed by atoms with van der Waals surface area (Å²) in [7, 11) is -1.87. The van der Waals surface area contributed by atoms with Crippen molar-refractivity contribution >= 4 is 18.6 Å². The van der Waals surface area contributed by atoms with E-state index in [2.05, 4.69) is 0 Å². The van der Waals surface area contributed by atoms with Gasteiger partial charge in [-0.15, -0.1) is 0 Å². The van der Waals surface area contributed by atoms with E-state index in [4.69, 9.17) is 19.9 Å². The molecule has 0 aliphatic heterocycles. The molecule has 1 aromatic rings. The molecular weight excluding hydrogens is 268 g/mol. The molecule has 5 nitrogen and oxygen atoms in total. The van der Waals surface area contributed by atoms with Crippen LogP contribution in [0.5, 0.6) is 5.75 Å². The summed E-state index contributed by atoms with van der Waals surface area (Å²) in [6, 6.07) is 3.13. The lowest BCUT2D eigenvalue weighted by Gasteiger charge is -2.12. The number of alkyl halides is 3. The Labute approximate surface area is 106 Å². The topological polar surface area (TPSA) is 87.0 Å². The van der Waals surface area contributed by atoms with Gasteiger partial charge in [0.2, 0.25) is 0 Å². The minimum atomic E-state index is -4.42. The maximum Gasteiger partial charge on any atom is 0.488 e. The Morgan fingerprint density at radius 3 is 2.42 bits per heavy atom. The van der Waals surface area contributed by atoms with Gasteiger partial charge in [-0.05, 0) is 17.6 Å². The van der Waals surface area contributed by atoms with Crippen LogP contribution in [0, 0.1) is 0 Å². The molecule has 0 atom stereocenters. The lowest BCUT2D eigenvalue weighted by atomic mass is 9.80. The molecule has 0 spiro atoms. The summed E-state index contributed by atoms with van der Waals surface area (Å²) in [5, 5.41) is 26.6. The Morgan fingerprint density at radius 1 is 1.32 bits per heavy atom. The molecule has 104 valence electrons. The highest BCUT2D eigenvalue weighted by Crippen LogP contribution is 2.22. The summed E-state index contributed by atoms with van der Waals surface area (Å²) in [6.07, 6.45) is -5.66. The first-order valence-electron chi connectivity index (χ1n) is 5.13. The summed E-state index contributed by atoms with van der Waals surface area (Å²) >= 11 is 0. The molecule has 0 bridgehead atoms. The average Bonchev–Trinajstić information content (AvgIpc) is 2.26. The summed E-state index contributed by atoms with van der Waals surface area (Å²) in [5.41, 5.74) is -0.432. The zero-order valence-corrected chi connectivity index (χ0v) is 9.52. The normalized spacial score (nSPS) is 11.2. The quantitative estimate of drug-likeness (QED) is 0.678. The number of carboxylic acid groups (broad SMARTS) is 1. The van der Waals surface area contributed by atoms with E-state index < -0.39 is 32.3 Å². The smallest absolute Gasteiger partial charge is 0.488 e. The molecule has 3 N–H and O–H groups in total. The van der Waals surface area contributed by atoms with E-state index in [0.717, 1.165) is 18.2 Å². The molecule has 0 saturated heterocycles. The Morgan fingerprint density at radius 2 is 1.95 bits per heavy atom.